The molecule has 0 aromatic heterocycles. The third-order valence-corrected chi connectivity index (χ3v) is 1.85. The van der Waals surface area contributed by atoms with E-state index in [2.05, 4.69) is 36.7 Å². The van der Waals surface area contributed by atoms with E-state index in [1.165, 1.54) is 32.1 Å². The maximum Gasteiger partial charge on any atom is 0.260 e. The van der Waals surface area contributed by atoms with Gasteiger partial charge in [0.2, 0.25) is 0 Å². The molecule has 78 valence electrons. The van der Waals surface area contributed by atoms with E-state index < -0.39 is 0 Å². The molecule has 0 aliphatic carbocycles. The Bertz CT molecular complexity index is 129. The Morgan fingerprint density at radius 3 is 2.38 bits per heavy atom. The van der Waals surface area contributed by atoms with Gasteiger partial charge in [0.15, 0.2) is 0 Å². The van der Waals surface area contributed by atoms with Gasteiger partial charge in [-0.2, -0.15) is 4.89 Å². The van der Waals surface area contributed by atoms with Gasteiger partial charge in [-0.1, -0.05) is 51.7 Å². The first-order valence-electron chi connectivity index (χ1n) is 4.79. The summed E-state index contributed by atoms with van der Waals surface area (Å²) >= 11 is 8.30. The minimum atomic E-state index is 0.144. The molecule has 0 bridgehead atoms. The molecule has 0 fully saturated rings. The molecule has 0 aliphatic rings. The number of thiol groups is 1. The summed E-state index contributed by atoms with van der Waals surface area (Å²) in [6.07, 6.45) is 7.44. The van der Waals surface area contributed by atoms with Crippen LogP contribution in [0.15, 0.2) is 0 Å². The molecule has 0 spiro atoms. The van der Waals surface area contributed by atoms with Crippen LogP contribution in [0.4, 0.5) is 0 Å². The monoisotopic (exact) mass is 222 g/mol. The second kappa shape index (κ2) is 10.3. The minimum Gasteiger partial charge on any atom is -0.319 e. The zero-order valence-electron chi connectivity index (χ0n) is 8.12. The fourth-order valence-corrected chi connectivity index (χ4v) is 1.13. The van der Waals surface area contributed by atoms with Gasteiger partial charge < -0.3 is 4.89 Å². The lowest BCUT2D eigenvalue weighted by Gasteiger charge is -2.02. The van der Waals surface area contributed by atoms with Crippen LogP contribution in [0, 0.1) is 0 Å². The SMILES string of the molecule is CCCCCCCCOOC(=S)S. The van der Waals surface area contributed by atoms with Gasteiger partial charge >= 0.3 is 0 Å². The van der Waals surface area contributed by atoms with Crippen molar-refractivity contribution in [3.8, 4) is 0 Å². The van der Waals surface area contributed by atoms with Crippen molar-refractivity contribution in [3.05, 3.63) is 0 Å². The van der Waals surface area contributed by atoms with E-state index in [4.69, 9.17) is 4.89 Å². The van der Waals surface area contributed by atoms with Crippen LogP contribution in [0.25, 0.3) is 0 Å². The van der Waals surface area contributed by atoms with Gasteiger partial charge in [0, 0.05) is 0 Å². The summed E-state index contributed by atoms with van der Waals surface area (Å²) in [6, 6.07) is 0. The quantitative estimate of drug-likeness (QED) is 0.223. The van der Waals surface area contributed by atoms with Crippen molar-refractivity contribution >= 4 is 29.2 Å². The summed E-state index contributed by atoms with van der Waals surface area (Å²) in [4.78, 5) is 9.35. The van der Waals surface area contributed by atoms with E-state index in [-0.39, 0.29) is 4.38 Å². The van der Waals surface area contributed by atoms with Gasteiger partial charge in [-0.3, -0.25) is 0 Å². The largest absolute Gasteiger partial charge is 0.319 e. The molecule has 13 heavy (non-hydrogen) atoms. The first kappa shape index (κ1) is 13.2. The average molecular weight is 222 g/mol. The lowest BCUT2D eigenvalue weighted by molar-refractivity contribution is -0.216. The highest BCUT2D eigenvalue weighted by atomic mass is 32.1. The van der Waals surface area contributed by atoms with Crippen LogP contribution in [0.1, 0.15) is 45.4 Å². The summed E-state index contributed by atoms with van der Waals surface area (Å²) in [5.41, 5.74) is 0. The third-order valence-electron chi connectivity index (χ3n) is 1.71. The highest BCUT2D eigenvalue weighted by Crippen LogP contribution is 2.05. The molecule has 0 aromatic rings. The number of rotatable bonds is 8. The summed E-state index contributed by atoms with van der Waals surface area (Å²) in [5.74, 6) is 0. The Labute approximate surface area is 91.3 Å². The van der Waals surface area contributed by atoms with Gasteiger partial charge in [0.05, 0.1) is 6.61 Å². The minimum absolute atomic E-state index is 0.144. The summed E-state index contributed by atoms with van der Waals surface area (Å²) in [7, 11) is 0. The summed E-state index contributed by atoms with van der Waals surface area (Å²) in [5, 5.41) is 0. The second-order valence-electron chi connectivity index (χ2n) is 2.94. The molecule has 0 unspecified atom stereocenters. The van der Waals surface area contributed by atoms with Gasteiger partial charge in [-0.25, -0.2) is 0 Å². The normalized spacial score (nSPS) is 10.0. The van der Waals surface area contributed by atoms with Crippen LogP contribution in [0.5, 0.6) is 0 Å². The Kier molecular flexibility index (Phi) is 10.4. The smallest absolute Gasteiger partial charge is 0.260 e. The van der Waals surface area contributed by atoms with Crippen LogP contribution in [0.2, 0.25) is 0 Å². The zero-order chi connectivity index (χ0) is 9.94. The Hall–Kier alpha value is 0.200. The summed E-state index contributed by atoms with van der Waals surface area (Å²) in [6.45, 7) is 2.82. The molecule has 4 heteroatoms. The molecule has 0 rings (SSSR count). The van der Waals surface area contributed by atoms with Crippen LogP contribution in [-0.2, 0) is 9.78 Å². The van der Waals surface area contributed by atoms with Gasteiger partial charge in [-0.05, 0) is 18.6 Å². The molecular formula is C9H18O2S2. The molecule has 0 atom stereocenters. The van der Waals surface area contributed by atoms with Crippen molar-refractivity contribution in [1.29, 1.82) is 0 Å². The number of unbranched alkanes of at least 4 members (excludes halogenated alkanes) is 5. The van der Waals surface area contributed by atoms with E-state index >= 15 is 0 Å². The zero-order valence-corrected chi connectivity index (χ0v) is 9.83. The average Bonchev–Trinajstić information content (AvgIpc) is 2.09. The second-order valence-corrected chi connectivity index (χ2v) is 4.02. The Morgan fingerprint density at radius 2 is 1.77 bits per heavy atom. The predicted molar refractivity (Wildman–Crippen MR) is 62.0 cm³/mol. The van der Waals surface area contributed by atoms with E-state index in [9.17, 15) is 0 Å². The molecule has 0 aliphatic heterocycles. The molecule has 0 aromatic carbocycles. The molecule has 0 saturated heterocycles. The lowest BCUT2D eigenvalue weighted by atomic mass is 10.1. The predicted octanol–water partition coefficient (Wildman–Crippen LogP) is 3.51. The van der Waals surface area contributed by atoms with Crippen molar-refractivity contribution in [1.82, 2.24) is 0 Å². The number of thiocarbonyl (C=S) groups is 1. The van der Waals surface area contributed by atoms with Crippen molar-refractivity contribution in [2.24, 2.45) is 0 Å². The molecule has 0 radical (unpaired) electrons. The van der Waals surface area contributed by atoms with E-state index in [0.29, 0.717) is 6.61 Å². The van der Waals surface area contributed by atoms with Crippen LogP contribution < -0.4 is 0 Å². The molecule has 2 nitrogen and oxygen atoms in total. The highest BCUT2D eigenvalue weighted by molar-refractivity contribution is 8.10. The Balaban J connectivity index is 2.87. The standard InChI is InChI=1S/C9H18O2S2/c1-2-3-4-5-6-7-8-10-11-9(12)13/h2-8H2,1H3,(H,12,13). The van der Waals surface area contributed by atoms with E-state index in [1.807, 2.05) is 0 Å². The lowest BCUT2D eigenvalue weighted by Crippen LogP contribution is -1.98. The summed E-state index contributed by atoms with van der Waals surface area (Å²) < 4.78 is 0.144. The number of hydrogen-bond acceptors (Lipinski definition) is 3. The Morgan fingerprint density at radius 1 is 1.15 bits per heavy atom. The van der Waals surface area contributed by atoms with Gasteiger partial charge in [-0.15, -0.1) is 0 Å². The van der Waals surface area contributed by atoms with Crippen molar-refractivity contribution < 1.29 is 9.78 Å². The van der Waals surface area contributed by atoms with Crippen molar-refractivity contribution in [2.75, 3.05) is 6.61 Å². The van der Waals surface area contributed by atoms with Crippen molar-refractivity contribution in [2.45, 2.75) is 45.4 Å². The maximum atomic E-state index is 4.78. The first-order valence-corrected chi connectivity index (χ1v) is 5.65. The fraction of sp³-hybridized carbons (Fsp3) is 0.889. The van der Waals surface area contributed by atoms with Gasteiger partial charge in [0.1, 0.15) is 0 Å². The van der Waals surface area contributed by atoms with Crippen molar-refractivity contribution in [3.63, 3.8) is 0 Å². The topological polar surface area (TPSA) is 18.5 Å². The van der Waals surface area contributed by atoms with Crippen LogP contribution in [-0.4, -0.2) is 11.0 Å². The molecular weight excluding hydrogens is 204 g/mol. The van der Waals surface area contributed by atoms with Gasteiger partial charge in [0.25, 0.3) is 4.38 Å². The molecule has 0 heterocycles. The molecule has 0 saturated carbocycles. The van der Waals surface area contributed by atoms with E-state index in [0.717, 1.165) is 6.42 Å². The van der Waals surface area contributed by atoms with Crippen LogP contribution in [0.3, 0.4) is 0 Å². The van der Waals surface area contributed by atoms with Crippen LogP contribution >= 0.6 is 24.8 Å². The number of hydrogen-bond donors (Lipinski definition) is 1. The first-order chi connectivity index (χ1) is 6.27. The highest BCUT2D eigenvalue weighted by Gasteiger charge is 1.92. The van der Waals surface area contributed by atoms with E-state index in [1.54, 1.807) is 0 Å². The molecule has 0 N–H and O–H groups in total. The maximum absolute atomic E-state index is 4.78. The third kappa shape index (κ3) is 12.2. The molecule has 0 amide bonds. The fourth-order valence-electron chi connectivity index (χ4n) is 1.03.